The molecule has 2 rings (SSSR count). The Labute approximate surface area is 104 Å². The van der Waals surface area contributed by atoms with Gasteiger partial charge in [0.2, 0.25) is 0 Å². The van der Waals surface area contributed by atoms with Gasteiger partial charge in [0, 0.05) is 0 Å². The second-order valence-corrected chi connectivity index (χ2v) is 5.78. The largest absolute Gasteiger partial charge is 0.114 e. The molecule has 1 aromatic carbocycles. The second kappa shape index (κ2) is 4.79. The fourth-order valence-corrected chi connectivity index (χ4v) is 3.51. The lowest BCUT2D eigenvalue weighted by Crippen LogP contribution is -2.23. The van der Waals surface area contributed by atoms with E-state index in [-0.39, 0.29) is 4.87 Å². The Balaban J connectivity index is 2.29. The molecule has 0 aromatic heterocycles. The van der Waals surface area contributed by atoms with Crippen LogP contribution in [0.2, 0.25) is 0 Å². The van der Waals surface area contributed by atoms with Crippen molar-refractivity contribution in [3.63, 3.8) is 0 Å². The predicted octanol–water partition coefficient (Wildman–Crippen LogP) is 5.03. The summed E-state index contributed by atoms with van der Waals surface area (Å²) >= 11 is 6.91. The van der Waals surface area contributed by atoms with Crippen molar-refractivity contribution in [3.05, 3.63) is 35.4 Å². The Kier molecular flexibility index (Phi) is 3.59. The van der Waals surface area contributed by atoms with Crippen molar-refractivity contribution < 1.29 is 0 Å². The van der Waals surface area contributed by atoms with E-state index in [1.807, 2.05) is 0 Å². The van der Waals surface area contributed by atoms with Crippen molar-refractivity contribution in [2.45, 2.75) is 50.8 Å². The summed E-state index contributed by atoms with van der Waals surface area (Å²) < 4.78 is 0. The molecule has 1 aliphatic carbocycles. The molecule has 0 bridgehead atoms. The van der Waals surface area contributed by atoms with E-state index in [1.165, 1.54) is 36.8 Å². The third-order valence-electron chi connectivity index (χ3n) is 3.88. The third-order valence-corrected chi connectivity index (χ3v) is 4.59. The summed E-state index contributed by atoms with van der Waals surface area (Å²) in [5.41, 5.74) is 2.66. The average Bonchev–Trinajstić information content (AvgIpc) is 2.63. The predicted molar refractivity (Wildman–Crippen MR) is 71.0 cm³/mol. The van der Waals surface area contributed by atoms with E-state index in [0.717, 1.165) is 6.42 Å². The highest BCUT2D eigenvalue weighted by Gasteiger charge is 2.41. The molecule has 0 amide bonds. The Hall–Kier alpha value is -0.490. The first-order valence-corrected chi connectivity index (χ1v) is 6.80. The normalized spacial score (nSPS) is 29.6. The Morgan fingerprint density at radius 2 is 2.25 bits per heavy atom. The minimum Gasteiger partial charge on any atom is -0.114 e. The highest BCUT2D eigenvalue weighted by molar-refractivity contribution is 6.24. The maximum absolute atomic E-state index is 6.91. The lowest BCUT2D eigenvalue weighted by atomic mass is 9.84. The van der Waals surface area contributed by atoms with E-state index in [2.05, 4.69) is 38.1 Å². The summed E-state index contributed by atoms with van der Waals surface area (Å²) in [5, 5.41) is 0. The molecule has 88 valence electrons. The molecule has 16 heavy (non-hydrogen) atoms. The van der Waals surface area contributed by atoms with Crippen molar-refractivity contribution in [3.8, 4) is 0 Å². The average molecular weight is 237 g/mol. The van der Waals surface area contributed by atoms with Crippen LogP contribution >= 0.6 is 11.6 Å². The van der Waals surface area contributed by atoms with Crippen LogP contribution in [0.3, 0.4) is 0 Å². The molecular formula is C15H21Cl. The zero-order valence-corrected chi connectivity index (χ0v) is 11.1. The molecule has 0 saturated heterocycles. The first-order chi connectivity index (χ1) is 7.66. The van der Waals surface area contributed by atoms with Crippen LogP contribution in [-0.4, -0.2) is 0 Å². The van der Waals surface area contributed by atoms with Gasteiger partial charge in [0.25, 0.3) is 0 Å². The Morgan fingerprint density at radius 3 is 2.94 bits per heavy atom. The van der Waals surface area contributed by atoms with Gasteiger partial charge in [-0.1, -0.05) is 49.6 Å². The van der Waals surface area contributed by atoms with Crippen LogP contribution in [0.5, 0.6) is 0 Å². The van der Waals surface area contributed by atoms with Gasteiger partial charge < -0.3 is 0 Å². The van der Waals surface area contributed by atoms with Gasteiger partial charge in [-0.05, 0) is 37.7 Å². The number of rotatable bonds is 3. The summed E-state index contributed by atoms with van der Waals surface area (Å²) in [5.74, 6) is 0.668. The SMILES string of the molecule is CCCC1CCCC1(Cl)c1cccc(C)c1. The van der Waals surface area contributed by atoms with Gasteiger partial charge >= 0.3 is 0 Å². The highest BCUT2D eigenvalue weighted by atomic mass is 35.5. The number of aryl methyl sites for hydroxylation is 1. The molecule has 1 aromatic rings. The molecule has 1 saturated carbocycles. The molecule has 0 heterocycles. The van der Waals surface area contributed by atoms with E-state index in [0.29, 0.717) is 5.92 Å². The van der Waals surface area contributed by atoms with Crippen LogP contribution in [0.4, 0.5) is 0 Å². The van der Waals surface area contributed by atoms with E-state index in [4.69, 9.17) is 11.6 Å². The van der Waals surface area contributed by atoms with Gasteiger partial charge in [-0.2, -0.15) is 0 Å². The van der Waals surface area contributed by atoms with Gasteiger partial charge in [-0.15, -0.1) is 11.6 Å². The fourth-order valence-electron chi connectivity index (χ4n) is 3.04. The topological polar surface area (TPSA) is 0 Å². The number of halogens is 1. The second-order valence-electron chi connectivity index (χ2n) is 5.11. The van der Waals surface area contributed by atoms with Crippen LogP contribution in [0, 0.1) is 12.8 Å². The number of alkyl halides is 1. The summed E-state index contributed by atoms with van der Waals surface area (Å²) in [4.78, 5) is -0.0813. The van der Waals surface area contributed by atoms with Crippen LogP contribution in [0.25, 0.3) is 0 Å². The molecule has 0 aliphatic heterocycles. The third kappa shape index (κ3) is 2.13. The van der Waals surface area contributed by atoms with Gasteiger partial charge in [-0.3, -0.25) is 0 Å². The van der Waals surface area contributed by atoms with Crippen molar-refractivity contribution >= 4 is 11.6 Å². The summed E-state index contributed by atoms with van der Waals surface area (Å²) in [6, 6.07) is 8.75. The van der Waals surface area contributed by atoms with Crippen LogP contribution in [-0.2, 0) is 4.87 Å². The van der Waals surface area contributed by atoms with E-state index in [9.17, 15) is 0 Å². The lowest BCUT2D eigenvalue weighted by Gasteiger charge is -2.30. The summed E-state index contributed by atoms with van der Waals surface area (Å²) in [6.07, 6.45) is 6.22. The molecule has 1 aliphatic rings. The molecule has 0 N–H and O–H groups in total. The smallest absolute Gasteiger partial charge is 0.0723 e. The molecular weight excluding hydrogens is 216 g/mol. The van der Waals surface area contributed by atoms with Crippen molar-refractivity contribution in [1.29, 1.82) is 0 Å². The van der Waals surface area contributed by atoms with E-state index >= 15 is 0 Å². The first-order valence-electron chi connectivity index (χ1n) is 6.43. The van der Waals surface area contributed by atoms with E-state index < -0.39 is 0 Å². The molecule has 0 nitrogen and oxygen atoms in total. The number of hydrogen-bond donors (Lipinski definition) is 0. The lowest BCUT2D eigenvalue weighted by molar-refractivity contribution is 0.401. The molecule has 0 radical (unpaired) electrons. The standard InChI is InChI=1S/C15H21Cl/c1-3-6-13-9-5-10-15(13,16)14-8-4-7-12(2)11-14/h4,7-8,11,13H,3,5-6,9-10H2,1-2H3. The van der Waals surface area contributed by atoms with Crippen LogP contribution < -0.4 is 0 Å². The maximum Gasteiger partial charge on any atom is 0.0723 e. The zero-order valence-electron chi connectivity index (χ0n) is 10.3. The molecule has 2 atom stereocenters. The molecule has 1 heteroatoms. The minimum atomic E-state index is -0.0813. The highest BCUT2D eigenvalue weighted by Crippen LogP contribution is 2.50. The van der Waals surface area contributed by atoms with Crippen LogP contribution in [0.1, 0.15) is 50.2 Å². The minimum absolute atomic E-state index is 0.0813. The quantitative estimate of drug-likeness (QED) is 0.646. The van der Waals surface area contributed by atoms with Crippen LogP contribution in [0.15, 0.2) is 24.3 Å². The molecule has 1 fully saturated rings. The van der Waals surface area contributed by atoms with Crippen molar-refractivity contribution in [2.75, 3.05) is 0 Å². The fraction of sp³-hybridized carbons (Fsp3) is 0.600. The maximum atomic E-state index is 6.91. The number of benzene rings is 1. The van der Waals surface area contributed by atoms with E-state index in [1.54, 1.807) is 0 Å². The van der Waals surface area contributed by atoms with Gasteiger partial charge in [0.05, 0.1) is 4.87 Å². The Morgan fingerprint density at radius 1 is 1.44 bits per heavy atom. The van der Waals surface area contributed by atoms with Gasteiger partial charge in [0.15, 0.2) is 0 Å². The first kappa shape index (κ1) is 12.0. The molecule has 2 unspecified atom stereocenters. The Bertz CT molecular complexity index is 358. The van der Waals surface area contributed by atoms with Crippen molar-refractivity contribution in [1.82, 2.24) is 0 Å². The van der Waals surface area contributed by atoms with Gasteiger partial charge in [0.1, 0.15) is 0 Å². The number of hydrogen-bond acceptors (Lipinski definition) is 0. The molecule has 0 spiro atoms. The zero-order chi connectivity index (χ0) is 11.6. The van der Waals surface area contributed by atoms with Gasteiger partial charge in [-0.25, -0.2) is 0 Å². The summed E-state index contributed by atoms with van der Waals surface area (Å²) in [7, 11) is 0. The summed E-state index contributed by atoms with van der Waals surface area (Å²) in [6.45, 7) is 4.40. The monoisotopic (exact) mass is 236 g/mol. The van der Waals surface area contributed by atoms with Crippen molar-refractivity contribution in [2.24, 2.45) is 5.92 Å².